The maximum Gasteiger partial charge on any atom is 0.422 e. The molecule has 0 radical (unpaired) electrons. The van der Waals surface area contributed by atoms with Crippen molar-refractivity contribution in [1.29, 1.82) is 0 Å². The van der Waals surface area contributed by atoms with Crippen LogP contribution in [0.1, 0.15) is 109 Å². The third kappa shape index (κ3) is 15.3. The normalized spacial score (nSPS) is 16.3. The van der Waals surface area contributed by atoms with Gasteiger partial charge in [-0.25, -0.2) is 5.10 Å². The molecule has 0 saturated heterocycles. The van der Waals surface area contributed by atoms with E-state index in [4.69, 9.17) is 0 Å². The lowest BCUT2D eigenvalue weighted by Gasteiger charge is -2.19. The highest BCUT2D eigenvalue weighted by Crippen LogP contribution is 2.38. The first-order valence-electron chi connectivity index (χ1n) is 15.0. The molecular weight excluding hydrogens is 588 g/mol. The van der Waals surface area contributed by atoms with E-state index in [1.54, 1.807) is 32.0 Å². The van der Waals surface area contributed by atoms with Gasteiger partial charge >= 0.3 is 12.4 Å². The van der Waals surface area contributed by atoms with Crippen LogP contribution in [0.25, 0.3) is 0 Å². The lowest BCUT2D eigenvalue weighted by molar-refractivity contribution is -0.139. The highest BCUT2D eigenvalue weighted by Gasteiger charge is 2.41. The molecule has 0 saturated carbocycles. The van der Waals surface area contributed by atoms with Crippen LogP contribution in [0.15, 0.2) is 33.2 Å². The van der Waals surface area contributed by atoms with Crippen molar-refractivity contribution < 1.29 is 31.1 Å². The van der Waals surface area contributed by atoms with E-state index in [0.29, 0.717) is 30.4 Å². The molecule has 0 aromatic carbocycles. The molecule has 0 aliphatic heterocycles. The molecule has 1 aliphatic rings. The van der Waals surface area contributed by atoms with E-state index in [9.17, 15) is 35.9 Å². The zero-order chi connectivity index (χ0) is 33.9. The van der Waals surface area contributed by atoms with Crippen LogP contribution < -0.4 is 10.9 Å². The number of carbonyl (C=O) groups excluding carboxylic acids is 1. The highest BCUT2D eigenvalue weighted by atomic mass is 19.4. The highest BCUT2D eigenvalue weighted by molar-refractivity contribution is 5.80. The summed E-state index contributed by atoms with van der Waals surface area (Å²) in [5.41, 5.74) is -2.00. The number of rotatable bonds is 13. The van der Waals surface area contributed by atoms with Crippen molar-refractivity contribution in [2.24, 2.45) is 4.99 Å². The van der Waals surface area contributed by atoms with Gasteiger partial charge in [0.05, 0.1) is 23.9 Å². The van der Waals surface area contributed by atoms with Crippen LogP contribution in [0.5, 0.6) is 0 Å². The van der Waals surface area contributed by atoms with E-state index in [2.05, 4.69) is 29.3 Å². The molecule has 252 valence electrons. The molecule has 1 heterocycles. The number of nitrogens with one attached hydrogen (secondary N) is 2. The van der Waals surface area contributed by atoms with E-state index in [1.807, 2.05) is 12.0 Å². The van der Waals surface area contributed by atoms with Crippen molar-refractivity contribution in [3.05, 3.63) is 50.6 Å². The Balaban J connectivity index is 0.000000639. The molecular formula is C31H49F6N5O2. The standard InChI is InChI=1S/C11H23NO.C10H12F3N3O.C10H14F3N/c1-3-5-6-8-11(7-4-2)12-9-10-13;1-16(2)6-4-3-5-7(10(11,12)13)9(17)15-14-8(5)6;1-4-6-8(3)14-7-9(5-2)10(11,12)13/h10-12H,3-9H2,1-2H3;6H,3-4H2,1-2H3,(H,15,17);5-7H,4H2,1-3H3/b;;8-6+,9-5+,14-7+. The van der Waals surface area contributed by atoms with E-state index in [1.165, 1.54) is 45.4 Å². The Kier molecular flexibility index (Phi) is 19.7. The van der Waals surface area contributed by atoms with Crippen molar-refractivity contribution in [3.63, 3.8) is 0 Å². The molecule has 0 bridgehead atoms. The maximum absolute atomic E-state index is 12.8. The second-order valence-electron chi connectivity index (χ2n) is 10.6. The lowest BCUT2D eigenvalue weighted by Crippen LogP contribution is -2.30. The molecule has 13 heteroatoms. The van der Waals surface area contributed by atoms with Crippen molar-refractivity contribution in [1.82, 2.24) is 20.4 Å². The summed E-state index contributed by atoms with van der Waals surface area (Å²) >= 11 is 0. The Morgan fingerprint density at radius 3 is 2.25 bits per heavy atom. The summed E-state index contributed by atoms with van der Waals surface area (Å²) < 4.78 is 74.8. The minimum Gasteiger partial charge on any atom is -0.307 e. The minimum absolute atomic E-state index is 0.0416. The van der Waals surface area contributed by atoms with Crippen LogP contribution in [0.3, 0.4) is 0 Å². The number of hydrogen-bond donors (Lipinski definition) is 2. The van der Waals surface area contributed by atoms with Gasteiger partial charge in [-0.2, -0.15) is 31.4 Å². The SMILES string of the molecule is CCCCCC(CCC)NCC=O.CN(C)C1CCc2c1n[nH]c(=O)c2C(F)(F)F.C\C=C(/C=N/C(C)=C/CC)C(F)(F)F. The molecule has 1 aromatic heterocycles. The zero-order valence-electron chi connectivity index (χ0n) is 27.0. The zero-order valence-corrected chi connectivity index (χ0v) is 27.0. The number of unbranched alkanes of at least 4 members (excludes halogenated alkanes) is 2. The predicted octanol–water partition coefficient (Wildman–Crippen LogP) is 7.74. The molecule has 2 atom stereocenters. The van der Waals surface area contributed by atoms with Gasteiger partial charge in [0.2, 0.25) is 0 Å². The molecule has 1 aromatic rings. The summed E-state index contributed by atoms with van der Waals surface area (Å²) in [7, 11) is 3.56. The fraction of sp³-hybridized carbons (Fsp3) is 0.677. The van der Waals surface area contributed by atoms with Gasteiger partial charge < -0.3 is 15.0 Å². The van der Waals surface area contributed by atoms with Gasteiger partial charge in [-0.1, -0.05) is 58.6 Å². The number of hydrogen-bond acceptors (Lipinski definition) is 6. The van der Waals surface area contributed by atoms with Crippen LogP contribution in [0, 0.1) is 0 Å². The van der Waals surface area contributed by atoms with Crippen molar-refractivity contribution >= 4 is 12.5 Å². The Labute approximate surface area is 257 Å². The summed E-state index contributed by atoms with van der Waals surface area (Å²) in [6.45, 7) is 9.83. The second-order valence-corrected chi connectivity index (χ2v) is 10.6. The first-order valence-corrected chi connectivity index (χ1v) is 15.0. The first-order chi connectivity index (χ1) is 20.6. The molecule has 2 rings (SSSR count). The maximum atomic E-state index is 12.8. The second kappa shape index (κ2) is 21.0. The fourth-order valence-electron chi connectivity index (χ4n) is 4.63. The number of allylic oxidation sites excluding steroid dienone is 4. The number of nitrogens with zero attached hydrogens (tertiary/aromatic N) is 3. The number of halogens is 6. The van der Waals surface area contributed by atoms with Crippen molar-refractivity contribution in [2.75, 3.05) is 20.6 Å². The monoisotopic (exact) mass is 637 g/mol. The average Bonchev–Trinajstić information content (AvgIpc) is 3.35. The number of aldehydes is 1. The first kappa shape index (κ1) is 41.2. The van der Waals surface area contributed by atoms with Crippen molar-refractivity contribution in [2.45, 2.75) is 117 Å². The largest absolute Gasteiger partial charge is 0.422 e. The van der Waals surface area contributed by atoms with Crippen molar-refractivity contribution in [3.8, 4) is 0 Å². The van der Waals surface area contributed by atoms with Crippen LogP contribution in [0.4, 0.5) is 26.3 Å². The number of carbonyl (C=O) groups is 1. The van der Waals surface area contributed by atoms with Gasteiger partial charge in [0.1, 0.15) is 11.8 Å². The smallest absolute Gasteiger partial charge is 0.307 e. The molecule has 0 spiro atoms. The van der Waals surface area contributed by atoms with Gasteiger partial charge in [-0.05, 0) is 65.6 Å². The Bertz CT molecular complexity index is 1120. The van der Waals surface area contributed by atoms with Crippen LogP contribution in [-0.4, -0.2) is 60.5 Å². The Morgan fingerprint density at radius 2 is 1.77 bits per heavy atom. The van der Waals surface area contributed by atoms with E-state index < -0.39 is 29.0 Å². The summed E-state index contributed by atoms with van der Waals surface area (Å²) in [5, 5.41) is 8.96. The van der Waals surface area contributed by atoms with Gasteiger partial charge in [-0.15, -0.1) is 0 Å². The molecule has 7 nitrogen and oxygen atoms in total. The minimum atomic E-state index is -4.62. The lowest BCUT2D eigenvalue weighted by atomic mass is 10.0. The van der Waals surface area contributed by atoms with Gasteiger partial charge in [0, 0.05) is 18.0 Å². The summed E-state index contributed by atoms with van der Waals surface area (Å²) in [5.74, 6) is 0. The molecule has 44 heavy (non-hydrogen) atoms. The van der Waals surface area contributed by atoms with Gasteiger partial charge in [-0.3, -0.25) is 9.79 Å². The molecule has 1 aliphatic carbocycles. The Morgan fingerprint density at radius 1 is 1.11 bits per heavy atom. The third-order valence-electron chi connectivity index (χ3n) is 6.83. The summed E-state index contributed by atoms with van der Waals surface area (Å²) in [6.07, 6.45) is 4.65. The van der Waals surface area contributed by atoms with Crippen LogP contribution in [-0.2, 0) is 17.4 Å². The average molecular weight is 638 g/mol. The van der Waals surface area contributed by atoms with E-state index in [-0.39, 0.29) is 18.0 Å². The Hall–Kier alpha value is -2.80. The molecule has 2 unspecified atom stereocenters. The van der Waals surface area contributed by atoms with Crippen LogP contribution in [0.2, 0.25) is 0 Å². The van der Waals surface area contributed by atoms with E-state index in [0.717, 1.165) is 25.0 Å². The number of aromatic amines is 1. The number of fused-ring (bicyclic) bond motifs is 1. The predicted molar refractivity (Wildman–Crippen MR) is 164 cm³/mol. The molecule has 0 fully saturated rings. The number of aliphatic imine (C=N–C) groups is 1. The number of alkyl halides is 6. The molecule has 0 amide bonds. The quantitative estimate of drug-likeness (QED) is 0.1000. The number of aromatic nitrogens is 2. The third-order valence-corrected chi connectivity index (χ3v) is 6.83. The van der Waals surface area contributed by atoms with E-state index >= 15 is 0 Å². The topological polar surface area (TPSA) is 90.5 Å². The fourth-order valence-corrected chi connectivity index (χ4v) is 4.63. The van der Waals surface area contributed by atoms with Gasteiger partial charge in [0.15, 0.2) is 0 Å². The number of H-pyrrole nitrogens is 1. The van der Waals surface area contributed by atoms with Crippen LogP contribution >= 0.6 is 0 Å². The summed E-state index contributed by atoms with van der Waals surface area (Å²) in [4.78, 5) is 26.9. The molecule has 2 N–H and O–H groups in total. The van der Waals surface area contributed by atoms with Gasteiger partial charge in [0.25, 0.3) is 5.56 Å². The summed E-state index contributed by atoms with van der Waals surface area (Å²) in [6, 6.07) is 0.393.